The van der Waals surface area contributed by atoms with E-state index in [0.717, 1.165) is 25.0 Å². The van der Waals surface area contributed by atoms with Gasteiger partial charge in [-0.05, 0) is 37.0 Å². The minimum Gasteiger partial charge on any atom is -0.356 e. The lowest BCUT2D eigenvalue weighted by Crippen LogP contribution is -2.46. The van der Waals surface area contributed by atoms with E-state index >= 15 is 0 Å². The van der Waals surface area contributed by atoms with Gasteiger partial charge in [0.2, 0.25) is 0 Å². The van der Waals surface area contributed by atoms with Crippen LogP contribution in [0.25, 0.3) is 0 Å². The number of rotatable bonds is 6. The Balaban J connectivity index is 2.23. The van der Waals surface area contributed by atoms with Gasteiger partial charge in [0.1, 0.15) is 0 Å². The zero-order chi connectivity index (χ0) is 12.7. The molecular weight excluding hydrogens is 210 g/mol. The van der Waals surface area contributed by atoms with Crippen molar-refractivity contribution in [2.24, 2.45) is 16.3 Å². The van der Waals surface area contributed by atoms with E-state index in [9.17, 15) is 0 Å². The molecule has 0 aromatic rings. The third-order valence-corrected chi connectivity index (χ3v) is 4.03. The van der Waals surface area contributed by atoms with Crippen molar-refractivity contribution in [2.75, 3.05) is 20.1 Å². The van der Waals surface area contributed by atoms with Crippen molar-refractivity contribution in [2.45, 2.75) is 52.9 Å². The van der Waals surface area contributed by atoms with E-state index in [1.54, 1.807) is 0 Å². The molecule has 1 aliphatic rings. The summed E-state index contributed by atoms with van der Waals surface area (Å²) in [6.45, 7) is 8.88. The van der Waals surface area contributed by atoms with Gasteiger partial charge in [0, 0.05) is 20.1 Å². The summed E-state index contributed by atoms with van der Waals surface area (Å²) in [5.41, 5.74) is 0.551. The minimum atomic E-state index is 0.551. The van der Waals surface area contributed by atoms with Crippen LogP contribution in [0, 0.1) is 11.3 Å². The van der Waals surface area contributed by atoms with E-state index in [0.29, 0.717) is 5.41 Å². The molecule has 0 bridgehead atoms. The van der Waals surface area contributed by atoms with Crippen molar-refractivity contribution in [1.29, 1.82) is 0 Å². The van der Waals surface area contributed by atoms with Crippen molar-refractivity contribution >= 4 is 5.96 Å². The molecule has 1 aliphatic carbocycles. The number of hydrogen-bond acceptors (Lipinski definition) is 1. The van der Waals surface area contributed by atoms with E-state index < -0.39 is 0 Å². The Morgan fingerprint density at radius 3 is 2.41 bits per heavy atom. The topological polar surface area (TPSA) is 36.4 Å². The van der Waals surface area contributed by atoms with E-state index in [-0.39, 0.29) is 0 Å². The summed E-state index contributed by atoms with van der Waals surface area (Å²) in [6, 6.07) is 0. The molecule has 0 unspecified atom stereocenters. The second-order valence-electron chi connectivity index (χ2n) is 5.74. The van der Waals surface area contributed by atoms with Gasteiger partial charge in [0.25, 0.3) is 0 Å². The Kier molecular flexibility index (Phi) is 5.79. The number of nitrogens with zero attached hydrogens (tertiary/aromatic N) is 1. The molecule has 1 fully saturated rings. The molecule has 3 nitrogen and oxygen atoms in total. The predicted octanol–water partition coefficient (Wildman–Crippen LogP) is 2.78. The predicted molar refractivity (Wildman–Crippen MR) is 75.4 cm³/mol. The van der Waals surface area contributed by atoms with Crippen molar-refractivity contribution in [3.8, 4) is 0 Å². The first kappa shape index (κ1) is 14.3. The molecule has 0 amide bonds. The third kappa shape index (κ3) is 4.57. The summed E-state index contributed by atoms with van der Waals surface area (Å²) in [4.78, 5) is 4.28. The Morgan fingerprint density at radius 2 is 2.00 bits per heavy atom. The van der Waals surface area contributed by atoms with E-state index in [2.05, 4.69) is 36.4 Å². The first-order chi connectivity index (χ1) is 8.12. The zero-order valence-corrected chi connectivity index (χ0v) is 12.0. The molecule has 2 N–H and O–H groups in total. The first-order valence-corrected chi connectivity index (χ1v) is 7.06. The molecule has 0 atom stereocenters. The molecule has 0 radical (unpaired) electrons. The molecule has 0 aromatic carbocycles. The number of nitrogens with one attached hydrogen (secondary N) is 2. The highest BCUT2D eigenvalue weighted by molar-refractivity contribution is 5.79. The summed E-state index contributed by atoms with van der Waals surface area (Å²) >= 11 is 0. The minimum absolute atomic E-state index is 0.551. The fourth-order valence-corrected chi connectivity index (χ4v) is 2.30. The lowest BCUT2D eigenvalue weighted by molar-refractivity contribution is 0.131. The molecule has 1 saturated carbocycles. The lowest BCUT2D eigenvalue weighted by atomic mass is 9.67. The molecule has 0 aromatic heterocycles. The molecule has 0 aliphatic heterocycles. The molecule has 3 heteroatoms. The largest absolute Gasteiger partial charge is 0.356 e. The molecular formula is C14H29N3. The van der Waals surface area contributed by atoms with Crippen LogP contribution >= 0.6 is 0 Å². The van der Waals surface area contributed by atoms with Crippen LogP contribution in [0.1, 0.15) is 52.9 Å². The van der Waals surface area contributed by atoms with Crippen LogP contribution in [0.2, 0.25) is 0 Å². The second kappa shape index (κ2) is 6.87. The summed E-state index contributed by atoms with van der Waals surface area (Å²) in [5.74, 6) is 1.71. The van der Waals surface area contributed by atoms with Crippen LogP contribution in [-0.2, 0) is 0 Å². The van der Waals surface area contributed by atoms with Gasteiger partial charge in [-0.1, -0.05) is 27.2 Å². The number of aliphatic imine (C=N–C) groups is 1. The van der Waals surface area contributed by atoms with Gasteiger partial charge >= 0.3 is 0 Å². The summed E-state index contributed by atoms with van der Waals surface area (Å²) in [6.07, 6.45) is 6.62. The monoisotopic (exact) mass is 239 g/mol. The summed E-state index contributed by atoms with van der Waals surface area (Å²) in [7, 11) is 1.85. The smallest absolute Gasteiger partial charge is 0.190 e. The first-order valence-electron chi connectivity index (χ1n) is 7.06. The highest BCUT2D eigenvalue weighted by Crippen LogP contribution is 2.42. The van der Waals surface area contributed by atoms with E-state index in [4.69, 9.17) is 0 Å². The maximum atomic E-state index is 4.28. The fraction of sp³-hybridized carbons (Fsp3) is 0.929. The number of guanidine groups is 1. The highest BCUT2D eigenvalue weighted by Gasteiger charge is 2.34. The SMILES string of the molecule is CCC1(CNC(=NC)NCCC(C)C)CCC1. The molecule has 0 spiro atoms. The molecule has 100 valence electrons. The quantitative estimate of drug-likeness (QED) is 0.552. The van der Waals surface area contributed by atoms with Crippen LogP contribution in [-0.4, -0.2) is 26.1 Å². The Hall–Kier alpha value is -0.730. The summed E-state index contributed by atoms with van der Waals surface area (Å²) in [5, 5.41) is 6.86. The lowest BCUT2D eigenvalue weighted by Gasteiger charge is -2.41. The molecule has 0 saturated heterocycles. The average Bonchev–Trinajstić information content (AvgIpc) is 2.25. The van der Waals surface area contributed by atoms with Crippen molar-refractivity contribution in [3.05, 3.63) is 0 Å². The van der Waals surface area contributed by atoms with Crippen LogP contribution in [0.15, 0.2) is 4.99 Å². The number of hydrogen-bond donors (Lipinski definition) is 2. The molecule has 1 rings (SSSR count). The fourth-order valence-electron chi connectivity index (χ4n) is 2.30. The average molecular weight is 239 g/mol. The third-order valence-electron chi connectivity index (χ3n) is 4.03. The van der Waals surface area contributed by atoms with Crippen molar-refractivity contribution in [3.63, 3.8) is 0 Å². The van der Waals surface area contributed by atoms with Gasteiger partial charge in [0.15, 0.2) is 5.96 Å². The van der Waals surface area contributed by atoms with E-state index in [1.807, 2.05) is 7.05 Å². The van der Waals surface area contributed by atoms with Crippen LogP contribution in [0.5, 0.6) is 0 Å². The second-order valence-corrected chi connectivity index (χ2v) is 5.74. The Labute approximate surface area is 106 Å². The van der Waals surface area contributed by atoms with Gasteiger partial charge in [-0.25, -0.2) is 0 Å². The highest BCUT2D eigenvalue weighted by atomic mass is 15.2. The van der Waals surface area contributed by atoms with Crippen LogP contribution < -0.4 is 10.6 Å². The van der Waals surface area contributed by atoms with Crippen LogP contribution in [0.4, 0.5) is 0 Å². The van der Waals surface area contributed by atoms with Gasteiger partial charge < -0.3 is 10.6 Å². The van der Waals surface area contributed by atoms with Crippen molar-refractivity contribution in [1.82, 2.24) is 10.6 Å². The Morgan fingerprint density at radius 1 is 1.29 bits per heavy atom. The molecule has 0 heterocycles. The molecule has 17 heavy (non-hydrogen) atoms. The normalized spacial score (nSPS) is 19.0. The van der Waals surface area contributed by atoms with Gasteiger partial charge in [-0.2, -0.15) is 0 Å². The van der Waals surface area contributed by atoms with Crippen LogP contribution in [0.3, 0.4) is 0 Å². The maximum Gasteiger partial charge on any atom is 0.190 e. The van der Waals surface area contributed by atoms with Crippen molar-refractivity contribution < 1.29 is 0 Å². The zero-order valence-electron chi connectivity index (χ0n) is 12.0. The van der Waals surface area contributed by atoms with Gasteiger partial charge in [-0.15, -0.1) is 0 Å². The summed E-state index contributed by atoms with van der Waals surface area (Å²) < 4.78 is 0. The maximum absolute atomic E-state index is 4.28. The van der Waals surface area contributed by atoms with Gasteiger partial charge in [-0.3, -0.25) is 4.99 Å². The van der Waals surface area contributed by atoms with Gasteiger partial charge in [0.05, 0.1) is 0 Å². The van der Waals surface area contributed by atoms with E-state index in [1.165, 1.54) is 32.1 Å². The Bertz CT molecular complexity index is 236. The standard InChI is InChI=1S/C14H29N3/c1-5-14(8-6-9-14)11-17-13(15-4)16-10-7-12(2)3/h12H,5-11H2,1-4H3,(H2,15,16,17).